The number of methoxy groups -OCH3 is 1. The monoisotopic (exact) mass is 242 g/mol. The molecule has 5 heteroatoms. The van der Waals surface area contributed by atoms with Crippen LogP contribution in [0.4, 0.5) is 5.95 Å². The first kappa shape index (κ1) is 12.2. The Kier molecular flexibility index (Phi) is 3.62. The van der Waals surface area contributed by atoms with Gasteiger partial charge in [-0.15, -0.1) is 0 Å². The summed E-state index contributed by atoms with van der Waals surface area (Å²) in [5.41, 5.74) is 2.21. The molecule has 2 aromatic rings. The molecule has 5 nitrogen and oxygen atoms in total. The Balaban J connectivity index is 2.22. The van der Waals surface area contributed by atoms with Gasteiger partial charge in [0.05, 0.1) is 7.11 Å². The lowest BCUT2D eigenvalue weighted by molar-refractivity contribution is 0.377. The van der Waals surface area contributed by atoms with E-state index in [9.17, 15) is 0 Å². The molecule has 0 aliphatic heterocycles. The van der Waals surface area contributed by atoms with E-state index in [4.69, 9.17) is 4.74 Å². The number of aryl methyl sites for hydroxylation is 2. The molecule has 0 fully saturated rings. The summed E-state index contributed by atoms with van der Waals surface area (Å²) in [7, 11) is 1.52. The third-order valence-electron chi connectivity index (χ3n) is 2.30. The molecule has 0 radical (unpaired) electrons. The smallest absolute Gasteiger partial charge is 0.321 e. The van der Waals surface area contributed by atoms with Crippen LogP contribution in [-0.4, -0.2) is 28.3 Å². The van der Waals surface area contributed by atoms with Gasteiger partial charge in [0.1, 0.15) is 5.82 Å². The van der Waals surface area contributed by atoms with Gasteiger partial charge in [-0.1, -0.05) is 29.8 Å². The summed E-state index contributed by atoms with van der Waals surface area (Å²) >= 11 is 0. The first-order valence-corrected chi connectivity index (χ1v) is 5.55. The van der Waals surface area contributed by atoms with E-state index in [1.165, 1.54) is 12.7 Å². The summed E-state index contributed by atoms with van der Waals surface area (Å²) in [5.74, 6) is 0.929. The summed E-state index contributed by atoms with van der Waals surface area (Å²) in [6.07, 6.45) is 1.72. The largest absolute Gasteiger partial charge is 0.467 e. The molecule has 0 saturated heterocycles. The van der Waals surface area contributed by atoms with E-state index in [0.29, 0.717) is 11.8 Å². The maximum atomic E-state index is 4.97. The molecule has 0 bridgehead atoms. The lowest BCUT2D eigenvalue weighted by Gasteiger charge is -1.99. The van der Waals surface area contributed by atoms with Crippen LogP contribution >= 0.6 is 0 Å². The van der Waals surface area contributed by atoms with Gasteiger partial charge in [-0.2, -0.15) is 15.0 Å². The van der Waals surface area contributed by atoms with Crippen molar-refractivity contribution in [3.05, 3.63) is 41.2 Å². The van der Waals surface area contributed by atoms with Crippen molar-refractivity contribution in [2.24, 2.45) is 4.99 Å². The van der Waals surface area contributed by atoms with Gasteiger partial charge >= 0.3 is 6.01 Å². The van der Waals surface area contributed by atoms with Gasteiger partial charge in [-0.25, -0.2) is 4.99 Å². The zero-order chi connectivity index (χ0) is 13.0. The van der Waals surface area contributed by atoms with E-state index in [1.54, 1.807) is 13.1 Å². The summed E-state index contributed by atoms with van der Waals surface area (Å²) in [6.45, 7) is 3.82. The molecule has 0 N–H and O–H groups in total. The lowest BCUT2D eigenvalue weighted by atomic mass is 10.2. The number of hydrogen-bond acceptors (Lipinski definition) is 5. The highest BCUT2D eigenvalue weighted by Crippen LogP contribution is 2.10. The fourth-order valence-corrected chi connectivity index (χ4v) is 1.38. The molecule has 1 aromatic carbocycles. The number of benzene rings is 1. The van der Waals surface area contributed by atoms with Crippen LogP contribution in [0.1, 0.15) is 17.0 Å². The Morgan fingerprint density at radius 2 is 1.78 bits per heavy atom. The Labute approximate surface area is 106 Å². The predicted molar refractivity (Wildman–Crippen MR) is 69.5 cm³/mol. The number of aliphatic imine (C=N–C) groups is 1. The van der Waals surface area contributed by atoms with Crippen LogP contribution in [-0.2, 0) is 0 Å². The zero-order valence-corrected chi connectivity index (χ0v) is 10.6. The SMILES string of the molecule is COc1nc(C)nc(N=Cc2ccc(C)cc2)n1. The third-order valence-corrected chi connectivity index (χ3v) is 2.30. The molecule has 18 heavy (non-hydrogen) atoms. The van der Waals surface area contributed by atoms with Gasteiger partial charge in [-0.3, -0.25) is 0 Å². The molecule has 0 atom stereocenters. The van der Waals surface area contributed by atoms with E-state index in [1.807, 2.05) is 31.2 Å². The Bertz CT molecular complexity index is 564. The van der Waals surface area contributed by atoms with E-state index < -0.39 is 0 Å². The van der Waals surface area contributed by atoms with Gasteiger partial charge in [-0.05, 0) is 19.4 Å². The van der Waals surface area contributed by atoms with E-state index in [2.05, 4.69) is 19.9 Å². The minimum atomic E-state index is 0.276. The summed E-state index contributed by atoms with van der Waals surface area (Å²) in [5, 5.41) is 0. The van der Waals surface area contributed by atoms with Crippen molar-refractivity contribution < 1.29 is 4.74 Å². The van der Waals surface area contributed by atoms with Crippen LogP contribution in [0.15, 0.2) is 29.3 Å². The van der Waals surface area contributed by atoms with Crippen LogP contribution in [0.25, 0.3) is 0 Å². The number of aromatic nitrogens is 3. The van der Waals surface area contributed by atoms with E-state index in [0.717, 1.165) is 5.56 Å². The Morgan fingerprint density at radius 3 is 2.44 bits per heavy atom. The van der Waals surface area contributed by atoms with Gasteiger partial charge < -0.3 is 4.74 Å². The maximum absolute atomic E-state index is 4.97. The first-order valence-electron chi connectivity index (χ1n) is 5.55. The fourth-order valence-electron chi connectivity index (χ4n) is 1.38. The molecular weight excluding hydrogens is 228 g/mol. The van der Waals surface area contributed by atoms with Gasteiger partial charge in [0.25, 0.3) is 5.95 Å². The van der Waals surface area contributed by atoms with Crippen molar-refractivity contribution in [3.63, 3.8) is 0 Å². The Hall–Kier alpha value is -2.30. The lowest BCUT2D eigenvalue weighted by Crippen LogP contribution is -1.97. The fraction of sp³-hybridized carbons (Fsp3) is 0.231. The molecular formula is C13H14N4O. The van der Waals surface area contributed by atoms with Crippen LogP contribution in [0, 0.1) is 13.8 Å². The molecule has 0 spiro atoms. The molecule has 2 rings (SSSR count). The highest BCUT2D eigenvalue weighted by atomic mass is 16.5. The van der Waals surface area contributed by atoms with Crippen molar-refractivity contribution in [1.29, 1.82) is 0 Å². The third kappa shape index (κ3) is 3.10. The molecule has 0 saturated carbocycles. The maximum Gasteiger partial charge on any atom is 0.321 e. The molecule has 0 amide bonds. The molecule has 0 aliphatic carbocycles. The quantitative estimate of drug-likeness (QED) is 0.774. The first-order chi connectivity index (χ1) is 8.67. The van der Waals surface area contributed by atoms with Gasteiger partial charge in [0.2, 0.25) is 0 Å². The second-order valence-electron chi connectivity index (χ2n) is 3.84. The summed E-state index contributed by atoms with van der Waals surface area (Å²) in [6, 6.07) is 8.31. The molecule has 0 unspecified atom stereocenters. The van der Waals surface area contributed by atoms with Gasteiger partial charge in [0.15, 0.2) is 0 Å². The highest BCUT2D eigenvalue weighted by molar-refractivity contribution is 5.81. The normalized spacial score (nSPS) is 10.8. The molecule has 0 aliphatic rings. The zero-order valence-electron chi connectivity index (χ0n) is 10.6. The average Bonchev–Trinajstić information content (AvgIpc) is 2.37. The molecule has 1 heterocycles. The standard InChI is InChI=1S/C13H14N4O/c1-9-4-6-11(7-5-9)8-14-12-15-10(2)16-13(17-12)18-3/h4-8H,1-3H3. The Morgan fingerprint density at radius 1 is 1.06 bits per heavy atom. The average molecular weight is 242 g/mol. The predicted octanol–water partition coefficient (Wildman–Crippen LogP) is 2.25. The second kappa shape index (κ2) is 5.35. The minimum Gasteiger partial charge on any atom is -0.467 e. The number of nitrogens with zero attached hydrogens (tertiary/aromatic N) is 4. The van der Waals surface area contributed by atoms with Crippen LogP contribution in [0.3, 0.4) is 0 Å². The van der Waals surface area contributed by atoms with Crippen LogP contribution in [0.2, 0.25) is 0 Å². The summed E-state index contributed by atoms with van der Waals surface area (Å²) < 4.78 is 4.97. The van der Waals surface area contributed by atoms with Crippen LogP contribution < -0.4 is 4.74 Å². The van der Waals surface area contributed by atoms with Crippen molar-refractivity contribution >= 4 is 12.2 Å². The van der Waals surface area contributed by atoms with Crippen molar-refractivity contribution in [2.45, 2.75) is 13.8 Å². The number of ether oxygens (including phenoxy) is 1. The second-order valence-corrected chi connectivity index (χ2v) is 3.84. The number of hydrogen-bond donors (Lipinski definition) is 0. The van der Waals surface area contributed by atoms with Crippen LogP contribution in [0.5, 0.6) is 6.01 Å². The molecule has 1 aromatic heterocycles. The summed E-state index contributed by atoms with van der Waals surface area (Å²) in [4.78, 5) is 16.4. The minimum absolute atomic E-state index is 0.276. The topological polar surface area (TPSA) is 60.3 Å². The van der Waals surface area contributed by atoms with Crippen molar-refractivity contribution in [2.75, 3.05) is 7.11 Å². The van der Waals surface area contributed by atoms with Crippen molar-refractivity contribution in [3.8, 4) is 6.01 Å². The van der Waals surface area contributed by atoms with E-state index >= 15 is 0 Å². The molecule has 92 valence electrons. The van der Waals surface area contributed by atoms with Crippen molar-refractivity contribution in [1.82, 2.24) is 15.0 Å². The van der Waals surface area contributed by atoms with E-state index in [-0.39, 0.29) is 6.01 Å². The highest BCUT2D eigenvalue weighted by Gasteiger charge is 2.01. The van der Waals surface area contributed by atoms with Gasteiger partial charge in [0, 0.05) is 6.21 Å². The number of rotatable bonds is 3.